The van der Waals surface area contributed by atoms with Gasteiger partial charge in [-0.25, -0.2) is 14.0 Å². The van der Waals surface area contributed by atoms with E-state index in [0.29, 0.717) is 0 Å². The standard InChI is InChI=1S/C9H11FO4/c1-3-5-7(10)6-14-9(12)8(11)13-4-2/h3,5H,1,4,6H2,2H3/b7-5-. The molecule has 4 nitrogen and oxygen atoms in total. The highest BCUT2D eigenvalue weighted by Gasteiger charge is 2.16. The third-order valence-corrected chi connectivity index (χ3v) is 1.08. The SMILES string of the molecule is C=C/C=C(\F)COC(=O)C(=O)OCC. The van der Waals surface area contributed by atoms with Crippen LogP contribution in [0.2, 0.25) is 0 Å². The van der Waals surface area contributed by atoms with Gasteiger partial charge >= 0.3 is 11.9 Å². The summed E-state index contributed by atoms with van der Waals surface area (Å²) in [4.78, 5) is 21.4. The van der Waals surface area contributed by atoms with Crippen molar-refractivity contribution in [2.75, 3.05) is 13.2 Å². The Morgan fingerprint density at radius 3 is 2.43 bits per heavy atom. The van der Waals surface area contributed by atoms with Crippen molar-refractivity contribution in [3.05, 3.63) is 24.6 Å². The predicted octanol–water partition coefficient (Wildman–Crippen LogP) is 1.13. The number of hydrogen-bond donors (Lipinski definition) is 0. The second-order valence-electron chi connectivity index (χ2n) is 2.15. The molecule has 0 unspecified atom stereocenters. The zero-order chi connectivity index (χ0) is 11.0. The van der Waals surface area contributed by atoms with Crippen molar-refractivity contribution >= 4 is 11.9 Å². The molecule has 0 aliphatic rings. The lowest BCUT2D eigenvalue weighted by atomic mass is 10.5. The van der Waals surface area contributed by atoms with Gasteiger partial charge in [0.25, 0.3) is 0 Å². The van der Waals surface area contributed by atoms with Crippen LogP contribution in [0.25, 0.3) is 0 Å². The van der Waals surface area contributed by atoms with E-state index in [1.54, 1.807) is 6.92 Å². The van der Waals surface area contributed by atoms with Gasteiger partial charge in [0.1, 0.15) is 12.4 Å². The molecule has 0 atom stereocenters. The van der Waals surface area contributed by atoms with Crippen LogP contribution in [0.15, 0.2) is 24.6 Å². The molecule has 0 aliphatic carbocycles. The maximum Gasteiger partial charge on any atom is 0.417 e. The topological polar surface area (TPSA) is 52.6 Å². The highest BCUT2D eigenvalue weighted by atomic mass is 19.1. The van der Waals surface area contributed by atoms with E-state index >= 15 is 0 Å². The van der Waals surface area contributed by atoms with Crippen molar-refractivity contribution in [3.8, 4) is 0 Å². The van der Waals surface area contributed by atoms with E-state index in [1.807, 2.05) is 0 Å². The van der Waals surface area contributed by atoms with Gasteiger partial charge in [-0.05, 0) is 13.0 Å². The van der Waals surface area contributed by atoms with E-state index in [-0.39, 0.29) is 6.61 Å². The fourth-order valence-corrected chi connectivity index (χ4v) is 0.559. The van der Waals surface area contributed by atoms with Crippen molar-refractivity contribution in [2.24, 2.45) is 0 Å². The third kappa shape index (κ3) is 5.08. The van der Waals surface area contributed by atoms with Crippen molar-refractivity contribution in [3.63, 3.8) is 0 Å². The van der Waals surface area contributed by atoms with Crippen molar-refractivity contribution < 1.29 is 23.5 Å². The van der Waals surface area contributed by atoms with E-state index in [9.17, 15) is 14.0 Å². The maximum absolute atomic E-state index is 12.6. The van der Waals surface area contributed by atoms with E-state index in [1.165, 1.54) is 6.08 Å². The van der Waals surface area contributed by atoms with Crippen LogP contribution >= 0.6 is 0 Å². The summed E-state index contributed by atoms with van der Waals surface area (Å²) in [6.45, 7) is 4.26. The van der Waals surface area contributed by atoms with Gasteiger partial charge in [0, 0.05) is 0 Å². The Morgan fingerprint density at radius 2 is 1.93 bits per heavy atom. The quantitative estimate of drug-likeness (QED) is 0.389. The van der Waals surface area contributed by atoms with Gasteiger partial charge in [0.05, 0.1) is 6.61 Å². The van der Waals surface area contributed by atoms with E-state index in [4.69, 9.17) is 0 Å². The summed E-state index contributed by atoms with van der Waals surface area (Å²) in [5, 5.41) is 0. The van der Waals surface area contributed by atoms with Crippen LogP contribution in [0, 0.1) is 0 Å². The number of ether oxygens (including phenoxy) is 2. The number of carbonyl (C=O) groups is 2. The summed E-state index contributed by atoms with van der Waals surface area (Å²) in [7, 11) is 0. The minimum Gasteiger partial charge on any atom is -0.458 e. The largest absolute Gasteiger partial charge is 0.458 e. The molecular weight excluding hydrogens is 191 g/mol. The molecule has 0 fully saturated rings. The van der Waals surface area contributed by atoms with E-state index < -0.39 is 24.4 Å². The van der Waals surface area contributed by atoms with Crippen LogP contribution in [0.4, 0.5) is 4.39 Å². The van der Waals surface area contributed by atoms with Crippen molar-refractivity contribution in [1.82, 2.24) is 0 Å². The van der Waals surface area contributed by atoms with Crippen LogP contribution in [0.3, 0.4) is 0 Å². The summed E-state index contributed by atoms with van der Waals surface area (Å²) in [5.41, 5.74) is 0. The van der Waals surface area contributed by atoms with Gasteiger partial charge in [-0.1, -0.05) is 12.7 Å². The molecule has 14 heavy (non-hydrogen) atoms. The molecule has 0 rings (SSSR count). The van der Waals surface area contributed by atoms with Crippen molar-refractivity contribution in [2.45, 2.75) is 6.92 Å². The second kappa shape index (κ2) is 6.82. The lowest BCUT2D eigenvalue weighted by Crippen LogP contribution is -2.20. The molecule has 0 bridgehead atoms. The molecule has 0 aromatic heterocycles. The van der Waals surface area contributed by atoms with Gasteiger partial charge in [-0.15, -0.1) is 0 Å². The fraction of sp³-hybridized carbons (Fsp3) is 0.333. The number of esters is 2. The van der Waals surface area contributed by atoms with Crippen LogP contribution in [0.5, 0.6) is 0 Å². The summed E-state index contributed by atoms with van der Waals surface area (Å²) >= 11 is 0. The first-order valence-electron chi connectivity index (χ1n) is 3.92. The average Bonchev–Trinajstić information content (AvgIpc) is 2.15. The number of halogens is 1. The van der Waals surface area contributed by atoms with Crippen LogP contribution in [-0.2, 0) is 19.1 Å². The minimum absolute atomic E-state index is 0.0684. The lowest BCUT2D eigenvalue weighted by Gasteiger charge is -2.01. The number of carbonyl (C=O) groups excluding carboxylic acids is 2. The molecule has 78 valence electrons. The highest BCUT2D eigenvalue weighted by molar-refractivity contribution is 6.29. The molecule has 0 saturated carbocycles. The Morgan fingerprint density at radius 1 is 1.36 bits per heavy atom. The molecule has 0 amide bonds. The Labute approximate surface area is 81.0 Å². The summed E-state index contributed by atoms with van der Waals surface area (Å²) < 4.78 is 21.2. The van der Waals surface area contributed by atoms with Gasteiger partial charge in [-0.2, -0.15) is 0 Å². The molecule has 0 aromatic carbocycles. The molecule has 0 heterocycles. The van der Waals surface area contributed by atoms with E-state index in [0.717, 1.165) is 6.08 Å². The van der Waals surface area contributed by atoms with Crippen LogP contribution < -0.4 is 0 Å². The molecule has 0 aromatic rings. The molecule has 0 saturated heterocycles. The van der Waals surface area contributed by atoms with Gasteiger partial charge in [-0.3, -0.25) is 0 Å². The first-order valence-corrected chi connectivity index (χ1v) is 3.92. The zero-order valence-electron chi connectivity index (χ0n) is 7.79. The highest BCUT2D eigenvalue weighted by Crippen LogP contribution is 1.97. The molecule has 0 radical (unpaired) electrons. The normalized spacial score (nSPS) is 10.6. The Bertz CT molecular complexity index is 258. The number of hydrogen-bond acceptors (Lipinski definition) is 4. The smallest absolute Gasteiger partial charge is 0.417 e. The Kier molecular flexibility index (Phi) is 6.02. The molecule has 0 spiro atoms. The van der Waals surface area contributed by atoms with Crippen molar-refractivity contribution in [1.29, 1.82) is 0 Å². The predicted molar refractivity (Wildman–Crippen MR) is 47.0 cm³/mol. The molecule has 5 heteroatoms. The van der Waals surface area contributed by atoms with Crippen LogP contribution in [0.1, 0.15) is 6.92 Å². The Balaban J connectivity index is 3.90. The zero-order valence-corrected chi connectivity index (χ0v) is 7.79. The second-order valence-corrected chi connectivity index (χ2v) is 2.15. The Hall–Kier alpha value is -1.65. The molecule has 0 aliphatic heterocycles. The first kappa shape index (κ1) is 12.3. The van der Waals surface area contributed by atoms with Gasteiger partial charge < -0.3 is 9.47 Å². The van der Waals surface area contributed by atoms with E-state index in [2.05, 4.69) is 16.1 Å². The summed E-state index contributed by atoms with van der Waals surface area (Å²) in [6, 6.07) is 0. The minimum atomic E-state index is -1.21. The molecule has 0 N–H and O–H groups in total. The fourth-order valence-electron chi connectivity index (χ4n) is 0.559. The summed E-state index contributed by atoms with van der Waals surface area (Å²) in [5.74, 6) is -3.03. The number of rotatable bonds is 4. The maximum atomic E-state index is 12.6. The molecular formula is C9H11FO4. The van der Waals surface area contributed by atoms with Crippen LogP contribution in [-0.4, -0.2) is 25.2 Å². The van der Waals surface area contributed by atoms with Gasteiger partial charge in [0.15, 0.2) is 0 Å². The number of allylic oxidation sites excluding steroid dienone is 2. The lowest BCUT2D eigenvalue weighted by molar-refractivity contribution is -0.167. The average molecular weight is 202 g/mol. The monoisotopic (exact) mass is 202 g/mol. The first-order chi connectivity index (χ1) is 6.61. The summed E-state index contributed by atoms with van der Waals surface area (Å²) in [6.07, 6.45) is 2.23. The van der Waals surface area contributed by atoms with Gasteiger partial charge in [0.2, 0.25) is 0 Å². The third-order valence-electron chi connectivity index (χ3n) is 1.08.